The first kappa shape index (κ1) is 19.9. The highest BCUT2D eigenvalue weighted by molar-refractivity contribution is 8.19. The van der Waals surface area contributed by atoms with Crippen LogP contribution in [0.3, 0.4) is 0 Å². The van der Waals surface area contributed by atoms with Gasteiger partial charge in [0.2, 0.25) is 0 Å². The van der Waals surface area contributed by atoms with Crippen LogP contribution in [0.15, 0.2) is 24.3 Å². The van der Waals surface area contributed by atoms with Crippen LogP contribution in [0.25, 0.3) is 0 Å². The molecule has 2 fully saturated rings. The van der Waals surface area contributed by atoms with Gasteiger partial charge in [-0.25, -0.2) is 0 Å². The second-order valence-corrected chi connectivity index (χ2v) is 8.62. The van der Waals surface area contributed by atoms with Gasteiger partial charge in [-0.15, -0.1) is 35.9 Å². The fourth-order valence-electron chi connectivity index (χ4n) is 2.88. The molecular weight excluding hydrogens is 362 g/mol. The van der Waals surface area contributed by atoms with Crippen LogP contribution >= 0.6 is 35.9 Å². The number of piperazine rings is 1. The molecule has 0 unspecified atom stereocenters. The van der Waals surface area contributed by atoms with E-state index in [9.17, 15) is 4.79 Å². The van der Waals surface area contributed by atoms with Crippen molar-refractivity contribution in [3.63, 3.8) is 0 Å². The number of carbonyl (C=O) groups excluding carboxylic acids is 1. The van der Waals surface area contributed by atoms with Crippen LogP contribution in [0.1, 0.15) is 26.9 Å². The molecule has 2 heterocycles. The Morgan fingerprint density at radius 1 is 1.17 bits per heavy atom. The van der Waals surface area contributed by atoms with E-state index in [1.54, 1.807) is 0 Å². The molecule has 2 saturated heterocycles. The molecule has 2 N–H and O–H groups in total. The van der Waals surface area contributed by atoms with Crippen molar-refractivity contribution in [2.24, 2.45) is 0 Å². The summed E-state index contributed by atoms with van der Waals surface area (Å²) in [4.78, 5) is 14.6. The Morgan fingerprint density at radius 2 is 1.83 bits per heavy atom. The number of benzene rings is 1. The molecule has 0 bridgehead atoms. The topological polar surface area (TPSA) is 44.4 Å². The highest BCUT2D eigenvalue weighted by Gasteiger charge is 2.18. The summed E-state index contributed by atoms with van der Waals surface area (Å²) < 4.78 is 0.547. The fourth-order valence-corrected chi connectivity index (χ4v) is 5.74. The molecule has 1 aromatic rings. The van der Waals surface area contributed by atoms with Gasteiger partial charge in [0.15, 0.2) is 0 Å². The molecule has 3 rings (SSSR count). The highest BCUT2D eigenvalue weighted by Crippen LogP contribution is 2.45. The van der Waals surface area contributed by atoms with E-state index in [2.05, 4.69) is 27.7 Å². The van der Waals surface area contributed by atoms with Crippen molar-refractivity contribution in [3.8, 4) is 0 Å². The molecule has 0 aliphatic carbocycles. The van der Waals surface area contributed by atoms with Gasteiger partial charge in [0.1, 0.15) is 0 Å². The van der Waals surface area contributed by atoms with Gasteiger partial charge >= 0.3 is 0 Å². The molecule has 0 spiro atoms. The van der Waals surface area contributed by atoms with Gasteiger partial charge in [-0.3, -0.25) is 4.79 Å². The van der Waals surface area contributed by atoms with Crippen molar-refractivity contribution in [1.29, 1.82) is 0 Å². The molecule has 134 valence electrons. The zero-order chi connectivity index (χ0) is 15.9. The van der Waals surface area contributed by atoms with E-state index in [4.69, 9.17) is 0 Å². The van der Waals surface area contributed by atoms with Crippen molar-refractivity contribution < 1.29 is 4.79 Å². The quantitative estimate of drug-likeness (QED) is 0.734. The van der Waals surface area contributed by atoms with Gasteiger partial charge in [-0.1, -0.05) is 12.1 Å². The number of thioether (sulfide) groups is 2. The Balaban J connectivity index is 0.00000208. The lowest BCUT2D eigenvalue weighted by Gasteiger charge is -2.27. The van der Waals surface area contributed by atoms with Crippen LogP contribution in [0.5, 0.6) is 0 Å². The number of amides is 1. The van der Waals surface area contributed by atoms with Gasteiger partial charge in [0, 0.05) is 49.8 Å². The minimum Gasteiger partial charge on any atom is -0.352 e. The lowest BCUT2D eigenvalue weighted by Crippen LogP contribution is -2.44. The van der Waals surface area contributed by atoms with Crippen LogP contribution in [-0.4, -0.2) is 61.6 Å². The number of nitrogens with one attached hydrogen (secondary N) is 2. The summed E-state index contributed by atoms with van der Waals surface area (Å²) in [5.74, 6) is 2.50. The van der Waals surface area contributed by atoms with Crippen molar-refractivity contribution in [3.05, 3.63) is 35.4 Å². The fraction of sp³-hybridized carbons (Fsp3) is 0.588. The first-order valence-corrected chi connectivity index (χ1v) is 10.5. The number of carbonyl (C=O) groups is 1. The summed E-state index contributed by atoms with van der Waals surface area (Å²) >= 11 is 3.99. The zero-order valence-corrected chi connectivity index (χ0v) is 16.3. The zero-order valence-electron chi connectivity index (χ0n) is 13.8. The maximum Gasteiger partial charge on any atom is 0.251 e. The molecule has 0 radical (unpaired) electrons. The molecule has 0 saturated carbocycles. The predicted octanol–water partition coefficient (Wildman–Crippen LogP) is 2.61. The number of halogens is 1. The highest BCUT2D eigenvalue weighted by atomic mass is 35.5. The van der Waals surface area contributed by atoms with Crippen LogP contribution in [0.4, 0.5) is 0 Å². The molecule has 1 aromatic carbocycles. The number of rotatable bonds is 6. The van der Waals surface area contributed by atoms with E-state index in [0.717, 1.165) is 51.3 Å². The first-order valence-electron chi connectivity index (χ1n) is 8.37. The minimum atomic E-state index is 0. The van der Waals surface area contributed by atoms with Crippen LogP contribution in [0.2, 0.25) is 0 Å². The maximum absolute atomic E-state index is 12.2. The third kappa shape index (κ3) is 5.85. The van der Waals surface area contributed by atoms with Gasteiger partial charge in [0.05, 0.1) is 4.58 Å². The Kier molecular flexibility index (Phi) is 8.76. The van der Waals surface area contributed by atoms with Crippen molar-refractivity contribution in [2.75, 3.05) is 50.8 Å². The van der Waals surface area contributed by atoms with Crippen molar-refractivity contribution >= 4 is 41.8 Å². The van der Waals surface area contributed by atoms with E-state index in [1.807, 2.05) is 35.7 Å². The maximum atomic E-state index is 12.2. The third-order valence-corrected chi connectivity index (χ3v) is 7.32. The van der Waals surface area contributed by atoms with Crippen LogP contribution < -0.4 is 10.6 Å². The summed E-state index contributed by atoms with van der Waals surface area (Å²) in [6.45, 7) is 6.21. The number of nitrogens with zero attached hydrogens (tertiary/aromatic N) is 1. The second kappa shape index (κ2) is 10.6. The summed E-state index contributed by atoms with van der Waals surface area (Å²) in [6, 6.07) is 8.12. The number of hydrogen-bond acceptors (Lipinski definition) is 5. The molecule has 2 aliphatic rings. The van der Waals surface area contributed by atoms with Crippen LogP contribution in [-0.2, 0) is 0 Å². The normalized spacial score (nSPS) is 19.0. The summed E-state index contributed by atoms with van der Waals surface area (Å²) in [7, 11) is 0. The SMILES string of the molecule is Cl.O=C(NCCCN1CCNCC1)c1ccc(C2SCCS2)cc1. The summed E-state index contributed by atoms with van der Waals surface area (Å²) in [5, 5.41) is 6.39. The average Bonchev–Trinajstić information content (AvgIpc) is 3.14. The summed E-state index contributed by atoms with van der Waals surface area (Å²) in [5.41, 5.74) is 2.09. The van der Waals surface area contributed by atoms with Gasteiger partial charge in [-0.05, 0) is 30.7 Å². The van der Waals surface area contributed by atoms with Gasteiger partial charge in [0.25, 0.3) is 5.91 Å². The smallest absolute Gasteiger partial charge is 0.251 e. The molecule has 0 aromatic heterocycles. The Labute approximate surface area is 159 Å². The van der Waals surface area contributed by atoms with Crippen molar-refractivity contribution in [2.45, 2.75) is 11.0 Å². The summed E-state index contributed by atoms with van der Waals surface area (Å²) in [6.07, 6.45) is 1.01. The largest absolute Gasteiger partial charge is 0.352 e. The second-order valence-electron chi connectivity index (χ2n) is 5.90. The molecule has 24 heavy (non-hydrogen) atoms. The molecule has 1 amide bonds. The van der Waals surface area contributed by atoms with Crippen LogP contribution in [0, 0.1) is 0 Å². The third-order valence-electron chi connectivity index (χ3n) is 4.21. The monoisotopic (exact) mass is 387 g/mol. The first-order chi connectivity index (χ1) is 11.3. The van der Waals surface area contributed by atoms with E-state index in [0.29, 0.717) is 4.58 Å². The standard InChI is InChI=1S/C17H25N3OS2.ClH/c21-16(19-6-1-9-20-10-7-18-8-11-20)14-2-4-15(5-3-14)17-22-12-13-23-17;/h2-5,17-18H,1,6-13H2,(H,19,21);1H. The van der Waals surface area contributed by atoms with Gasteiger partial charge in [-0.2, -0.15) is 0 Å². The lowest BCUT2D eigenvalue weighted by atomic mass is 10.1. The Bertz CT molecular complexity index is 503. The Hall–Kier alpha value is -0.400. The van der Waals surface area contributed by atoms with Crippen molar-refractivity contribution in [1.82, 2.24) is 15.5 Å². The molecule has 7 heteroatoms. The molecule has 4 nitrogen and oxygen atoms in total. The predicted molar refractivity (Wildman–Crippen MR) is 108 cm³/mol. The average molecular weight is 388 g/mol. The molecule has 2 aliphatic heterocycles. The minimum absolute atomic E-state index is 0. The van der Waals surface area contributed by atoms with E-state index >= 15 is 0 Å². The van der Waals surface area contributed by atoms with E-state index in [-0.39, 0.29) is 18.3 Å². The lowest BCUT2D eigenvalue weighted by molar-refractivity contribution is 0.0951. The Morgan fingerprint density at radius 3 is 2.50 bits per heavy atom. The molecule has 0 atom stereocenters. The van der Waals surface area contributed by atoms with E-state index < -0.39 is 0 Å². The number of hydrogen-bond donors (Lipinski definition) is 2. The van der Waals surface area contributed by atoms with E-state index in [1.165, 1.54) is 17.1 Å². The molecular formula is C17H26ClN3OS2. The van der Waals surface area contributed by atoms with Gasteiger partial charge < -0.3 is 15.5 Å².